The van der Waals surface area contributed by atoms with E-state index in [9.17, 15) is 13.2 Å². The lowest BCUT2D eigenvalue weighted by Gasteiger charge is -2.25. The molecule has 2 aliphatic rings. The van der Waals surface area contributed by atoms with E-state index in [1.807, 2.05) is 46.8 Å². The molecule has 1 aromatic heterocycles. The van der Waals surface area contributed by atoms with Crippen molar-refractivity contribution in [1.82, 2.24) is 14.5 Å². The van der Waals surface area contributed by atoms with Gasteiger partial charge in [-0.05, 0) is 44.2 Å². The molecule has 2 fully saturated rings. The molecule has 1 amide bonds. The van der Waals surface area contributed by atoms with Gasteiger partial charge in [-0.1, -0.05) is 36.8 Å². The number of fused-ring (bicyclic) bond motifs is 3. The second kappa shape index (κ2) is 7.92. The Morgan fingerprint density at radius 2 is 1.97 bits per heavy atom. The van der Waals surface area contributed by atoms with E-state index < -0.39 is 10.0 Å². The maximum absolute atomic E-state index is 13.8. The number of amides is 1. The van der Waals surface area contributed by atoms with Crippen molar-refractivity contribution in [2.45, 2.75) is 38.6 Å². The summed E-state index contributed by atoms with van der Waals surface area (Å²) in [5.41, 5.74) is 3.16. The fourth-order valence-electron chi connectivity index (χ4n) is 5.21. The summed E-state index contributed by atoms with van der Waals surface area (Å²) < 4.78 is 29.1. The summed E-state index contributed by atoms with van der Waals surface area (Å²) in [6.45, 7) is 2.37. The number of hydrogen-bond acceptors (Lipinski definition) is 4. The van der Waals surface area contributed by atoms with Crippen LogP contribution in [0.5, 0.6) is 0 Å². The third kappa shape index (κ3) is 3.66. The average molecular weight is 453 g/mol. The minimum absolute atomic E-state index is 0.0374. The molecule has 3 aromatic rings. The molecule has 1 aliphatic heterocycles. The Kier molecular flexibility index (Phi) is 5.20. The normalized spacial score (nSPS) is 20.6. The van der Waals surface area contributed by atoms with E-state index in [0.29, 0.717) is 22.7 Å². The van der Waals surface area contributed by atoms with Gasteiger partial charge in [-0.15, -0.1) is 0 Å². The Labute approximate surface area is 188 Å². The molecule has 1 saturated carbocycles. The number of aryl methyl sites for hydroxylation is 1. The van der Waals surface area contributed by atoms with Crippen LogP contribution in [0.1, 0.15) is 43.0 Å². The molecular formula is C24H28N4O3S. The summed E-state index contributed by atoms with van der Waals surface area (Å²) in [4.78, 5) is 20.6. The number of hydrogen-bond donors (Lipinski definition) is 1. The summed E-state index contributed by atoms with van der Waals surface area (Å²) in [6.07, 6.45) is 4.44. The molecule has 2 bridgehead atoms. The molecule has 2 unspecified atom stereocenters. The first-order valence-corrected chi connectivity index (χ1v) is 12.9. The summed E-state index contributed by atoms with van der Waals surface area (Å²) >= 11 is 0. The second-order valence-corrected chi connectivity index (χ2v) is 10.9. The summed E-state index contributed by atoms with van der Waals surface area (Å²) in [7, 11) is -1.57. The van der Waals surface area contributed by atoms with Crippen molar-refractivity contribution in [3.8, 4) is 11.4 Å². The van der Waals surface area contributed by atoms with E-state index in [1.165, 1.54) is 6.42 Å². The Balaban J connectivity index is 1.66. The van der Waals surface area contributed by atoms with Gasteiger partial charge in [0.1, 0.15) is 5.82 Å². The second-order valence-electron chi connectivity index (χ2n) is 8.90. The van der Waals surface area contributed by atoms with Gasteiger partial charge in [0.2, 0.25) is 10.0 Å². The number of anilines is 1. The van der Waals surface area contributed by atoms with Crippen LogP contribution in [0.4, 0.5) is 5.69 Å². The molecule has 7 nitrogen and oxygen atoms in total. The summed E-state index contributed by atoms with van der Waals surface area (Å²) in [5.74, 6) is 1.23. The zero-order valence-electron chi connectivity index (χ0n) is 18.4. The van der Waals surface area contributed by atoms with Gasteiger partial charge >= 0.3 is 0 Å². The first-order chi connectivity index (χ1) is 15.4. The van der Waals surface area contributed by atoms with Crippen LogP contribution in [0.2, 0.25) is 0 Å². The third-order valence-electron chi connectivity index (χ3n) is 6.80. The Morgan fingerprint density at radius 1 is 1.19 bits per heavy atom. The zero-order valence-corrected chi connectivity index (χ0v) is 19.2. The smallest absolute Gasteiger partial charge is 0.256 e. The van der Waals surface area contributed by atoms with E-state index in [1.54, 1.807) is 19.1 Å². The molecule has 2 aromatic carbocycles. The van der Waals surface area contributed by atoms with Crippen molar-refractivity contribution < 1.29 is 13.2 Å². The summed E-state index contributed by atoms with van der Waals surface area (Å²) in [6, 6.07) is 13.5. The van der Waals surface area contributed by atoms with Crippen LogP contribution < -0.4 is 4.72 Å². The van der Waals surface area contributed by atoms with Crippen molar-refractivity contribution in [2.75, 3.05) is 17.0 Å². The highest BCUT2D eigenvalue weighted by Crippen LogP contribution is 2.38. The lowest BCUT2D eigenvalue weighted by molar-refractivity contribution is 0.0735. The minimum Gasteiger partial charge on any atom is -0.335 e. The molecule has 1 aliphatic carbocycles. The molecule has 1 saturated heterocycles. The SMILES string of the molecule is CCS(=O)(=O)Nc1cc(C(=O)N2CC3CCCC2C3)c2c(c1)nc(-c1ccccc1)n2C. The summed E-state index contributed by atoms with van der Waals surface area (Å²) in [5, 5.41) is 0. The molecule has 1 N–H and O–H groups in total. The molecule has 2 heterocycles. The van der Waals surface area contributed by atoms with Gasteiger partial charge < -0.3 is 9.47 Å². The monoisotopic (exact) mass is 452 g/mol. The molecule has 8 heteroatoms. The maximum atomic E-state index is 13.8. The molecule has 2 atom stereocenters. The molecule has 32 heavy (non-hydrogen) atoms. The molecular weight excluding hydrogens is 424 g/mol. The van der Waals surface area contributed by atoms with Crippen molar-refractivity contribution in [3.05, 3.63) is 48.0 Å². The molecule has 0 radical (unpaired) electrons. The lowest BCUT2D eigenvalue weighted by Crippen LogP contribution is -2.35. The highest BCUT2D eigenvalue weighted by Gasteiger charge is 2.39. The zero-order chi connectivity index (χ0) is 22.5. The first kappa shape index (κ1) is 21.0. The third-order valence-corrected chi connectivity index (χ3v) is 8.10. The highest BCUT2D eigenvalue weighted by molar-refractivity contribution is 7.92. The number of rotatable bonds is 5. The van der Waals surface area contributed by atoms with Crippen LogP contribution in [0, 0.1) is 5.92 Å². The number of benzene rings is 2. The number of nitrogens with one attached hydrogen (secondary N) is 1. The number of likely N-dealkylation sites (tertiary alicyclic amines) is 1. The fraction of sp³-hybridized carbons (Fsp3) is 0.417. The van der Waals surface area contributed by atoms with E-state index in [2.05, 4.69) is 4.72 Å². The molecule has 0 spiro atoms. The number of carbonyl (C=O) groups excluding carboxylic acids is 1. The minimum atomic E-state index is -3.48. The van der Waals surface area contributed by atoms with Gasteiger partial charge in [0.15, 0.2) is 0 Å². The predicted molar refractivity (Wildman–Crippen MR) is 126 cm³/mol. The van der Waals surface area contributed by atoms with Crippen LogP contribution >= 0.6 is 0 Å². The number of aromatic nitrogens is 2. The Bertz CT molecular complexity index is 1280. The first-order valence-electron chi connectivity index (χ1n) is 11.2. The topological polar surface area (TPSA) is 84.3 Å². The predicted octanol–water partition coefficient (Wildman–Crippen LogP) is 4.02. The quantitative estimate of drug-likeness (QED) is 0.634. The number of sulfonamides is 1. The van der Waals surface area contributed by atoms with Crippen molar-refractivity contribution >= 4 is 32.7 Å². The molecule has 5 rings (SSSR count). The van der Waals surface area contributed by atoms with Crippen molar-refractivity contribution in [1.29, 1.82) is 0 Å². The van der Waals surface area contributed by atoms with Crippen LogP contribution in [0.3, 0.4) is 0 Å². The van der Waals surface area contributed by atoms with E-state index in [0.717, 1.165) is 42.7 Å². The van der Waals surface area contributed by atoms with Gasteiger partial charge in [-0.3, -0.25) is 9.52 Å². The van der Waals surface area contributed by atoms with Crippen LogP contribution in [-0.2, 0) is 17.1 Å². The highest BCUT2D eigenvalue weighted by atomic mass is 32.2. The largest absolute Gasteiger partial charge is 0.335 e. The maximum Gasteiger partial charge on any atom is 0.256 e. The van der Waals surface area contributed by atoms with Gasteiger partial charge in [0.25, 0.3) is 5.91 Å². The van der Waals surface area contributed by atoms with Gasteiger partial charge in [0, 0.05) is 25.2 Å². The Hall–Kier alpha value is -2.87. The van der Waals surface area contributed by atoms with Crippen LogP contribution in [0.15, 0.2) is 42.5 Å². The van der Waals surface area contributed by atoms with Crippen molar-refractivity contribution in [2.24, 2.45) is 13.0 Å². The number of nitrogens with zero attached hydrogens (tertiary/aromatic N) is 3. The fourth-order valence-corrected chi connectivity index (χ4v) is 5.83. The van der Waals surface area contributed by atoms with E-state index in [4.69, 9.17) is 4.98 Å². The van der Waals surface area contributed by atoms with Gasteiger partial charge in [0.05, 0.1) is 28.0 Å². The lowest BCUT2D eigenvalue weighted by atomic mass is 9.90. The van der Waals surface area contributed by atoms with Gasteiger partial charge in [-0.2, -0.15) is 0 Å². The molecule has 168 valence electrons. The van der Waals surface area contributed by atoms with E-state index in [-0.39, 0.29) is 17.7 Å². The Morgan fingerprint density at radius 3 is 2.69 bits per heavy atom. The van der Waals surface area contributed by atoms with Crippen molar-refractivity contribution in [3.63, 3.8) is 0 Å². The van der Waals surface area contributed by atoms with E-state index >= 15 is 0 Å². The van der Waals surface area contributed by atoms with Crippen LogP contribution in [0.25, 0.3) is 22.4 Å². The number of imidazole rings is 1. The van der Waals surface area contributed by atoms with Crippen LogP contribution in [-0.4, -0.2) is 47.1 Å². The average Bonchev–Trinajstić information content (AvgIpc) is 3.28. The number of carbonyl (C=O) groups is 1. The standard InChI is InChI=1S/C24H28N4O3S/c1-3-32(30,31)26-18-13-20(24(29)28-15-16-8-7-11-19(28)12-16)22-21(14-18)25-23(27(22)2)17-9-5-4-6-10-17/h4-6,9-10,13-14,16,19,26H,3,7-8,11-12,15H2,1-2H3. The van der Waals surface area contributed by atoms with Gasteiger partial charge in [-0.25, -0.2) is 13.4 Å².